The molecule has 0 amide bonds. The van der Waals surface area contributed by atoms with Gasteiger partial charge in [0.25, 0.3) is 0 Å². The number of likely N-dealkylation sites (tertiary alicyclic amines) is 1. The second-order valence-corrected chi connectivity index (χ2v) is 5.57. The average molecular weight is 229 g/mol. The first-order valence-corrected chi connectivity index (χ1v) is 5.90. The van der Waals surface area contributed by atoms with E-state index in [4.69, 9.17) is 4.74 Å². The fraction of sp³-hybridized carbons (Fsp3) is 0.917. The number of hydrogen-bond donors (Lipinski definition) is 1. The van der Waals surface area contributed by atoms with E-state index in [1.165, 1.54) is 0 Å². The minimum Gasteiger partial charge on any atom is -0.459 e. The molecular formula is C12H23NO3. The molecule has 1 N–H and O–H groups in total. The molecule has 1 heterocycles. The summed E-state index contributed by atoms with van der Waals surface area (Å²) in [6, 6.07) is 0.104. The Balaban J connectivity index is 2.45. The van der Waals surface area contributed by atoms with Crippen LogP contribution in [0.15, 0.2) is 0 Å². The van der Waals surface area contributed by atoms with Gasteiger partial charge in [-0.25, -0.2) is 0 Å². The first kappa shape index (κ1) is 13.5. The van der Waals surface area contributed by atoms with Crippen LogP contribution in [0.4, 0.5) is 0 Å². The van der Waals surface area contributed by atoms with Crippen LogP contribution >= 0.6 is 0 Å². The maximum Gasteiger partial charge on any atom is 0.320 e. The minimum absolute atomic E-state index is 0.104. The molecule has 94 valence electrons. The van der Waals surface area contributed by atoms with Gasteiger partial charge in [-0.05, 0) is 39.7 Å². The molecule has 0 spiro atoms. The van der Waals surface area contributed by atoms with Crippen LogP contribution in [-0.2, 0) is 9.53 Å². The van der Waals surface area contributed by atoms with E-state index in [0.717, 1.165) is 13.0 Å². The molecule has 2 unspecified atom stereocenters. The van der Waals surface area contributed by atoms with E-state index in [9.17, 15) is 9.90 Å². The van der Waals surface area contributed by atoms with Gasteiger partial charge in [0, 0.05) is 6.04 Å². The number of ether oxygens (including phenoxy) is 1. The molecule has 0 saturated carbocycles. The van der Waals surface area contributed by atoms with E-state index in [0.29, 0.717) is 5.92 Å². The van der Waals surface area contributed by atoms with E-state index in [-0.39, 0.29) is 25.2 Å². The number of rotatable bonds is 3. The molecule has 4 nitrogen and oxygen atoms in total. The van der Waals surface area contributed by atoms with E-state index in [1.807, 2.05) is 25.7 Å². The summed E-state index contributed by atoms with van der Waals surface area (Å²) in [6.45, 7) is 8.96. The van der Waals surface area contributed by atoms with Gasteiger partial charge in [-0.2, -0.15) is 0 Å². The summed E-state index contributed by atoms with van der Waals surface area (Å²) in [5, 5.41) is 9.26. The summed E-state index contributed by atoms with van der Waals surface area (Å²) in [4.78, 5) is 13.6. The highest BCUT2D eigenvalue weighted by atomic mass is 16.6. The zero-order valence-electron chi connectivity index (χ0n) is 10.7. The number of carbonyl (C=O) groups excluding carboxylic acids is 1. The summed E-state index contributed by atoms with van der Waals surface area (Å²) in [5.74, 6) is 0.243. The van der Waals surface area contributed by atoms with Crippen molar-refractivity contribution in [1.82, 2.24) is 4.90 Å². The molecule has 1 aliphatic heterocycles. The highest BCUT2D eigenvalue weighted by Crippen LogP contribution is 2.23. The van der Waals surface area contributed by atoms with Gasteiger partial charge in [0.2, 0.25) is 0 Å². The molecule has 1 fully saturated rings. The summed E-state index contributed by atoms with van der Waals surface area (Å²) < 4.78 is 5.27. The van der Waals surface area contributed by atoms with Crippen LogP contribution in [0.2, 0.25) is 0 Å². The van der Waals surface area contributed by atoms with Gasteiger partial charge in [0.1, 0.15) is 5.60 Å². The van der Waals surface area contributed by atoms with Crippen molar-refractivity contribution in [2.45, 2.75) is 45.8 Å². The maximum atomic E-state index is 11.6. The molecule has 16 heavy (non-hydrogen) atoms. The van der Waals surface area contributed by atoms with Gasteiger partial charge in [-0.15, -0.1) is 0 Å². The number of esters is 1. The molecule has 1 rings (SSSR count). The van der Waals surface area contributed by atoms with Crippen molar-refractivity contribution in [3.8, 4) is 0 Å². The highest BCUT2D eigenvalue weighted by Gasteiger charge is 2.32. The van der Waals surface area contributed by atoms with Crippen molar-refractivity contribution in [3.63, 3.8) is 0 Å². The number of nitrogens with zero attached hydrogens (tertiary/aromatic N) is 1. The van der Waals surface area contributed by atoms with Gasteiger partial charge < -0.3 is 9.84 Å². The summed E-state index contributed by atoms with van der Waals surface area (Å²) in [7, 11) is 0. The molecule has 0 aromatic carbocycles. The third-order valence-corrected chi connectivity index (χ3v) is 2.94. The van der Waals surface area contributed by atoms with Crippen molar-refractivity contribution in [3.05, 3.63) is 0 Å². The summed E-state index contributed by atoms with van der Waals surface area (Å²) in [5.41, 5.74) is -0.433. The molecule has 1 saturated heterocycles. The van der Waals surface area contributed by atoms with Gasteiger partial charge in [0.05, 0.1) is 13.2 Å². The predicted molar refractivity (Wildman–Crippen MR) is 62.1 cm³/mol. The van der Waals surface area contributed by atoms with Crippen molar-refractivity contribution >= 4 is 5.97 Å². The second kappa shape index (κ2) is 5.15. The van der Waals surface area contributed by atoms with Crippen LogP contribution in [0.5, 0.6) is 0 Å². The van der Waals surface area contributed by atoms with Gasteiger partial charge in [-0.3, -0.25) is 9.69 Å². The Bertz CT molecular complexity index is 247. The molecule has 0 aromatic rings. The summed E-state index contributed by atoms with van der Waals surface area (Å²) in [6.07, 6.45) is 1.04. The highest BCUT2D eigenvalue weighted by molar-refractivity contribution is 5.72. The van der Waals surface area contributed by atoms with Crippen LogP contribution < -0.4 is 0 Å². The van der Waals surface area contributed by atoms with Crippen molar-refractivity contribution in [1.29, 1.82) is 0 Å². The molecule has 0 radical (unpaired) electrons. The van der Waals surface area contributed by atoms with Crippen LogP contribution in [-0.4, -0.2) is 47.3 Å². The first-order chi connectivity index (χ1) is 7.33. The minimum atomic E-state index is -0.433. The number of aliphatic hydroxyl groups excluding tert-OH is 1. The first-order valence-electron chi connectivity index (χ1n) is 5.90. The Labute approximate surface area is 97.6 Å². The Morgan fingerprint density at radius 1 is 1.50 bits per heavy atom. The lowest BCUT2D eigenvalue weighted by molar-refractivity contribution is -0.156. The predicted octanol–water partition coefficient (Wildman–Crippen LogP) is 1.03. The number of aliphatic hydroxyl groups is 1. The van der Waals surface area contributed by atoms with E-state index < -0.39 is 5.60 Å². The molecule has 2 atom stereocenters. The number of hydrogen-bond acceptors (Lipinski definition) is 4. The van der Waals surface area contributed by atoms with E-state index in [2.05, 4.69) is 6.92 Å². The fourth-order valence-electron chi connectivity index (χ4n) is 2.12. The smallest absolute Gasteiger partial charge is 0.320 e. The zero-order valence-corrected chi connectivity index (χ0v) is 10.7. The SMILES string of the molecule is CC1CCN(CC(=O)OC(C)(C)C)C1CO. The molecule has 0 aromatic heterocycles. The average Bonchev–Trinajstić information content (AvgIpc) is 2.43. The second-order valence-electron chi connectivity index (χ2n) is 5.57. The van der Waals surface area contributed by atoms with Crippen molar-refractivity contribution in [2.24, 2.45) is 5.92 Å². The maximum absolute atomic E-state index is 11.6. The lowest BCUT2D eigenvalue weighted by Gasteiger charge is -2.26. The molecular weight excluding hydrogens is 206 g/mol. The molecule has 4 heteroatoms. The Morgan fingerprint density at radius 2 is 2.12 bits per heavy atom. The fourth-order valence-corrected chi connectivity index (χ4v) is 2.12. The summed E-state index contributed by atoms with van der Waals surface area (Å²) >= 11 is 0. The van der Waals surface area contributed by atoms with E-state index in [1.54, 1.807) is 0 Å². The molecule has 1 aliphatic rings. The van der Waals surface area contributed by atoms with Crippen LogP contribution in [0.3, 0.4) is 0 Å². The quantitative estimate of drug-likeness (QED) is 0.734. The van der Waals surface area contributed by atoms with E-state index >= 15 is 0 Å². The molecule has 0 bridgehead atoms. The van der Waals surface area contributed by atoms with Crippen LogP contribution in [0.1, 0.15) is 34.1 Å². The third-order valence-electron chi connectivity index (χ3n) is 2.94. The van der Waals surface area contributed by atoms with Gasteiger partial charge in [-0.1, -0.05) is 6.92 Å². The number of carbonyl (C=O) groups is 1. The Kier molecular flexibility index (Phi) is 4.33. The molecule has 0 aliphatic carbocycles. The normalized spacial score (nSPS) is 27.1. The zero-order chi connectivity index (χ0) is 12.3. The van der Waals surface area contributed by atoms with Crippen molar-refractivity contribution < 1.29 is 14.6 Å². The van der Waals surface area contributed by atoms with Gasteiger partial charge in [0.15, 0.2) is 0 Å². The topological polar surface area (TPSA) is 49.8 Å². The Hall–Kier alpha value is -0.610. The van der Waals surface area contributed by atoms with Gasteiger partial charge >= 0.3 is 5.97 Å². The lowest BCUT2D eigenvalue weighted by Crippen LogP contribution is -2.40. The van der Waals surface area contributed by atoms with Crippen LogP contribution in [0.25, 0.3) is 0 Å². The Morgan fingerprint density at radius 3 is 2.62 bits per heavy atom. The largest absolute Gasteiger partial charge is 0.459 e. The lowest BCUT2D eigenvalue weighted by atomic mass is 10.0. The monoisotopic (exact) mass is 229 g/mol. The standard InChI is InChI=1S/C12H23NO3/c1-9-5-6-13(10(9)8-14)7-11(15)16-12(2,3)4/h9-10,14H,5-8H2,1-4H3. The third kappa shape index (κ3) is 3.76. The van der Waals surface area contributed by atoms with Crippen LogP contribution in [0, 0.1) is 5.92 Å². The van der Waals surface area contributed by atoms with Crippen molar-refractivity contribution in [2.75, 3.05) is 19.7 Å².